The third-order valence-corrected chi connectivity index (χ3v) is 4.45. The summed E-state index contributed by atoms with van der Waals surface area (Å²) >= 11 is 0. The number of hydrogen-bond acceptors (Lipinski definition) is 1. The van der Waals surface area contributed by atoms with E-state index in [0.717, 1.165) is 42.8 Å². The predicted molar refractivity (Wildman–Crippen MR) is 101 cm³/mol. The van der Waals surface area contributed by atoms with Gasteiger partial charge in [-0.25, -0.2) is 4.39 Å². The molecule has 0 aromatic heterocycles. The first-order valence-corrected chi connectivity index (χ1v) is 8.95. The zero-order chi connectivity index (χ0) is 19.9. The number of likely N-dealkylation sites (tertiary alicyclic amines) is 1. The minimum absolute atomic E-state index is 0.257. The van der Waals surface area contributed by atoms with Crippen molar-refractivity contribution >= 4 is 0 Å². The van der Waals surface area contributed by atoms with Crippen LogP contribution in [0, 0.1) is 0 Å². The predicted octanol–water partition coefficient (Wildman–Crippen LogP) is 6.67. The molecule has 146 valence electrons. The number of alkyl halides is 4. The summed E-state index contributed by atoms with van der Waals surface area (Å²) in [5, 5.41) is 0. The lowest BCUT2D eigenvalue weighted by atomic mass is 9.91. The molecule has 0 atom stereocenters. The van der Waals surface area contributed by atoms with E-state index in [1.165, 1.54) is 0 Å². The van der Waals surface area contributed by atoms with Crippen LogP contribution in [0.15, 0.2) is 57.9 Å². The Morgan fingerprint density at radius 1 is 1.23 bits per heavy atom. The standard InChI is InChI=1S/C21H29F4N/c1-6-9-17(21(23,24)25)12-20(16(7-2)14-22)19(15(3)4)13-18-10-8-11-26(18)5/h7,9,12-13H,6,8,10-11,14H2,1-5H3/b16-7-,17-9-,18-13-,20-12+. The molecular formula is C21H29F4N. The fourth-order valence-corrected chi connectivity index (χ4v) is 2.95. The summed E-state index contributed by atoms with van der Waals surface area (Å²) in [6.07, 6.45) is 3.36. The molecule has 0 aromatic rings. The van der Waals surface area contributed by atoms with Crippen molar-refractivity contribution in [3.8, 4) is 0 Å². The molecule has 1 aliphatic heterocycles. The Labute approximate surface area is 154 Å². The van der Waals surface area contributed by atoms with Gasteiger partial charge in [0.25, 0.3) is 0 Å². The minimum Gasteiger partial charge on any atom is -0.378 e. The van der Waals surface area contributed by atoms with Gasteiger partial charge in [-0.1, -0.05) is 24.6 Å². The van der Waals surface area contributed by atoms with Crippen LogP contribution in [0.25, 0.3) is 0 Å². The maximum atomic E-state index is 13.6. The molecule has 1 nitrogen and oxygen atoms in total. The van der Waals surface area contributed by atoms with E-state index in [-0.39, 0.29) is 12.0 Å². The molecule has 0 amide bonds. The second-order valence-electron chi connectivity index (χ2n) is 6.65. The van der Waals surface area contributed by atoms with Gasteiger partial charge in [0.05, 0.1) is 5.57 Å². The second kappa shape index (κ2) is 9.79. The molecule has 0 spiro atoms. The smallest absolute Gasteiger partial charge is 0.378 e. The number of allylic oxidation sites excluding steroid dienone is 10. The highest BCUT2D eigenvalue weighted by Crippen LogP contribution is 2.34. The molecule has 0 N–H and O–H groups in total. The van der Waals surface area contributed by atoms with Crippen molar-refractivity contribution in [3.63, 3.8) is 0 Å². The summed E-state index contributed by atoms with van der Waals surface area (Å²) in [7, 11) is 1.97. The molecule has 26 heavy (non-hydrogen) atoms. The summed E-state index contributed by atoms with van der Waals surface area (Å²) in [5.74, 6) is 0. The Morgan fingerprint density at radius 3 is 2.27 bits per heavy atom. The van der Waals surface area contributed by atoms with E-state index < -0.39 is 18.4 Å². The van der Waals surface area contributed by atoms with Gasteiger partial charge in [-0.3, -0.25) is 0 Å². The maximum absolute atomic E-state index is 13.6. The zero-order valence-electron chi connectivity index (χ0n) is 16.3. The SMILES string of the molecule is C\C=C(CF)/C(=C\C(=C\CC)C(F)(F)F)C(/C=C1/CCCN1C)=C(C)C. The van der Waals surface area contributed by atoms with E-state index >= 15 is 0 Å². The van der Waals surface area contributed by atoms with Crippen molar-refractivity contribution in [1.82, 2.24) is 4.90 Å². The van der Waals surface area contributed by atoms with E-state index in [9.17, 15) is 17.6 Å². The normalized spacial score (nSPS) is 18.7. The van der Waals surface area contributed by atoms with Crippen LogP contribution in [0.4, 0.5) is 17.6 Å². The first-order chi connectivity index (χ1) is 12.1. The molecule has 1 heterocycles. The highest BCUT2D eigenvalue weighted by atomic mass is 19.4. The van der Waals surface area contributed by atoms with Crippen LogP contribution in [0.2, 0.25) is 0 Å². The summed E-state index contributed by atoms with van der Waals surface area (Å²) in [6.45, 7) is 7.10. The molecular weight excluding hydrogens is 342 g/mol. The molecule has 0 aliphatic carbocycles. The Bertz CT molecular complexity index is 641. The lowest BCUT2D eigenvalue weighted by Gasteiger charge is -2.19. The molecule has 1 fully saturated rings. The lowest BCUT2D eigenvalue weighted by Crippen LogP contribution is -2.13. The Morgan fingerprint density at radius 2 is 1.88 bits per heavy atom. The second-order valence-corrected chi connectivity index (χ2v) is 6.65. The van der Waals surface area contributed by atoms with E-state index in [1.807, 2.05) is 27.0 Å². The average molecular weight is 371 g/mol. The number of rotatable bonds is 6. The van der Waals surface area contributed by atoms with Crippen molar-refractivity contribution in [3.05, 3.63) is 57.9 Å². The van der Waals surface area contributed by atoms with Crippen LogP contribution in [0.5, 0.6) is 0 Å². The van der Waals surface area contributed by atoms with E-state index in [4.69, 9.17) is 0 Å². The molecule has 1 rings (SSSR count). The van der Waals surface area contributed by atoms with Gasteiger partial charge in [0, 0.05) is 19.3 Å². The summed E-state index contributed by atoms with van der Waals surface area (Å²) in [5.41, 5.74) is 2.42. The molecule has 0 radical (unpaired) electrons. The summed E-state index contributed by atoms with van der Waals surface area (Å²) < 4.78 is 53.8. The van der Waals surface area contributed by atoms with Gasteiger partial charge in [0.15, 0.2) is 0 Å². The Kier molecular flexibility index (Phi) is 8.38. The van der Waals surface area contributed by atoms with E-state index in [2.05, 4.69) is 4.90 Å². The topological polar surface area (TPSA) is 3.24 Å². The fourth-order valence-electron chi connectivity index (χ4n) is 2.95. The molecule has 5 heteroatoms. The minimum atomic E-state index is -4.47. The zero-order valence-corrected chi connectivity index (χ0v) is 16.3. The highest BCUT2D eigenvalue weighted by molar-refractivity contribution is 5.57. The van der Waals surface area contributed by atoms with Gasteiger partial charge in [0.1, 0.15) is 6.67 Å². The molecule has 0 aromatic carbocycles. The number of hydrogen-bond donors (Lipinski definition) is 0. The van der Waals surface area contributed by atoms with E-state index in [0.29, 0.717) is 11.1 Å². The van der Waals surface area contributed by atoms with Gasteiger partial charge in [0.2, 0.25) is 0 Å². The third kappa shape index (κ3) is 5.89. The van der Waals surface area contributed by atoms with Crippen molar-refractivity contribution < 1.29 is 17.6 Å². The van der Waals surface area contributed by atoms with E-state index in [1.54, 1.807) is 19.9 Å². The molecule has 1 saturated heterocycles. The Balaban J connectivity index is 3.61. The summed E-state index contributed by atoms with van der Waals surface area (Å²) in [6, 6.07) is 0. The van der Waals surface area contributed by atoms with Gasteiger partial charge < -0.3 is 4.90 Å². The first kappa shape index (κ1) is 22.3. The highest BCUT2D eigenvalue weighted by Gasteiger charge is 2.32. The van der Waals surface area contributed by atoms with Crippen molar-refractivity contribution in [2.45, 2.75) is 53.1 Å². The van der Waals surface area contributed by atoms with Gasteiger partial charge in [-0.2, -0.15) is 13.2 Å². The van der Waals surface area contributed by atoms with Crippen LogP contribution in [0.1, 0.15) is 47.0 Å². The molecule has 1 aliphatic rings. The average Bonchev–Trinajstić information content (AvgIpc) is 2.95. The van der Waals surface area contributed by atoms with Crippen molar-refractivity contribution in [2.75, 3.05) is 20.3 Å². The maximum Gasteiger partial charge on any atom is 0.416 e. The van der Waals surface area contributed by atoms with Crippen molar-refractivity contribution in [1.29, 1.82) is 0 Å². The van der Waals surface area contributed by atoms with Crippen LogP contribution in [-0.2, 0) is 0 Å². The number of halogens is 4. The third-order valence-electron chi connectivity index (χ3n) is 4.45. The van der Waals surface area contributed by atoms with Crippen LogP contribution < -0.4 is 0 Å². The first-order valence-electron chi connectivity index (χ1n) is 8.95. The molecule has 0 saturated carbocycles. The summed E-state index contributed by atoms with van der Waals surface area (Å²) in [4.78, 5) is 2.10. The van der Waals surface area contributed by atoms with Crippen molar-refractivity contribution in [2.24, 2.45) is 0 Å². The quantitative estimate of drug-likeness (QED) is 0.372. The molecule has 0 unspecified atom stereocenters. The van der Waals surface area contributed by atoms with Crippen LogP contribution in [0.3, 0.4) is 0 Å². The lowest BCUT2D eigenvalue weighted by molar-refractivity contribution is -0.0884. The van der Waals surface area contributed by atoms with Gasteiger partial charge in [-0.05, 0) is 68.9 Å². The molecule has 0 bridgehead atoms. The van der Waals surface area contributed by atoms with Gasteiger partial charge in [-0.15, -0.1) is 0 Å². The largest absolute Gasteiger partial charge is 0.416 e. The monoisotopic (exact) mass is 371 g/mol. The Hall–Kier alpha value is -1.78. The number of nitrogens with zero attached hydrogens (tertiary/aromatic N) is 1. The van der Waals surface area contributed by atoms with Crippen LogP contribution >= 0.6 is 0 Å². The van der Waals surface area contributed by atoms with Crippen LogP contribution in [-0.4, -0.2) is 31.3 Å². The fraction of sp³-hybridized carbons (Fsp3) is 0.524. The van der Waals surface area contributed by atoms with Gasteiger partial charge >= 0.3 is 6.18 Å².